The Balaban J connectivity index is 1.69. The molecule has 1 saturated carbocycles. The molecule has 0 aromatic carbocycles. The average molecular weight is 168 g/mol. The first-order valence-electron chi connectivity index (χ1n) is 5.57. The largest absolute Gasteiger partial charge is 0.378 e. The Kier molecular flexibility index (Phi) is 3.04. The first-order valence-corrected chi connectivity index (χ1v) is 5.57. The fraction of sp³-hybridized carbons (Fsp3) is 1.00. The number of hydrogen-bond donors (Lipinski definition) is 0. The monoisotopic (exact) mass is 168 g/mol. The molecule has 0 spiro atoms. The molecule has 2 fully saturated rings. The van der Waals surface area contributed by atoms with Gasteiger partial charge in [0.05, 0.1) is 6.10 Å². The smallest absolute Gasteiger partial charge is 0.0577 e. The van der Waals surface area contributed by atoms with E-state index >= 15 is 0 Å². The summed E-state index contributed by atoms with van der Waals surface area (Å²) in [4.78, 5) is 0. The summed E-state index contributed by atoms with van der Waals surface area (Å²) in [6, 6.07) is 0. The Morgan fingerprint density at radius 2 is 1.67 bits per heavy atom. The minimum absolute atomic E-state index is 0.627. The Hall–Kier alpha value is -0.0400. The van der Waals surface area contributed by atoms with Gasteiger partial charge in [-0.3, -0.25) is 0 Å². The van der Waals surface area contributed by atoms with Gasteiger partial charge in [0.2, 0.25) is 0 Å². The number of hydrogen-bond acceptors (Lipinski definition) is 1. The van der Waals surface area contributed by atoms with E-state index in [1.165, 1.54) is 51.4 Å². The molecule has 70 valence electrons. The lowest BCUT2D eigenvalue weighted by molar-refractivity contribution is 0.00199. The maximum atomic E-state index is 5.74. The van der Waals surface area contributed by atoms with E-state index in [9.17, 15) is 0 Å². The minimum atomic E-state index is 0.627. The summed E-state index contributed by atoms with van der Waals surface area (Å²) < 4.78 is 5.74. The summed E-state index contributed by atoms with van der Waals surface area (Å²) in [7, 11) is 0. The normalized spacial score (nSPS) is 32.5. The number of rotatable bonds is 2. The van der Waals surface area contributed by atoms with E-state index in [2.05, 4.69) is 0 Å². The molecule has 1 nitrogen and oxygen atoms in total. The molecule has 0 amide bonds. The van der Waals surface area contributed by atoms with Crippen LogP contribution in [-0.2, 0) is 4.74 Å². The highest BCUT2D eigenvalue weighted by Crippen LogP contribution is 2.31. The molecule has 0 aromatic heterocycles. The van der Waals surface area contributed by atoms with Crippen molar-refractivity contribution in [2.24, 2.45) is 5.92 Å². The molecule has 0 bridgehead atoms. The van der Waals surface area contributed by atoms with E-state index in [-0.39, 0.29) is 0 Å². The molecule has 1 aliphatic carbocycles. The van der Waals surface area contributed by atoms with E-state index in [1.807, 2.05) is 0 Å². The van der Waals surface area contributed by atoms with Crippen molar-refractivity contribution in [1.29, 1.82) is 0 Å². The molecule has 1 atom stereocenters. The summed E-state index contributed by atoms with van der Waals surface area (Å²) in [5.74, 6) is 1.01. The highest BCUT2D eigenvalue weighted by atomic mass is 16.5. The molecular weight excluding hydrogens is 148 g/mol. The van der Waals surface area contributed by atoms with Crippen molar-refractivity contribution >= 4 is 0 Å². The van der Waals surface area contributed by atoms with Crippen molar-refractivity contribution in [3.63, 3.8) is 0 Å². The van der Waals surface area contributed by atoms with Crippen molar-refractivity contribution in [3.8, 4) is 0 Å². The van der Waals surface area contributed by atoms with Crippen LogP contribution >= 0.6 is 0 Å². The summed E-state index contributed by atoms with van der Waals surface area (Å²) in [6.45, 7) is 1.03. The van der Waals surface area contributed by atoms with Crippen LogP contribution in [0.5, 0.6) is 0 Å². The minimum Gasteiger partial charge on any atom is -0.378 e. The van der Waals surface area contributed by atoms with Gasteiger partial charge in [0.15, 0.2) is 0 Å². The predicted octanol–water partition coefficient (Wildman–Crippen LogP) is 3.14. The lowest BCUT2D eigenvalue weighted by Gasteiger charge is -2.24. The molecule has 1 saturated heterocycles. The average Bonchev–Trinajstić information content (AvgIpc) is 2.59. The lowest BCUT2D eigenvalue weighted by atomic mass is 9.96. The van der Waals surface area contributed by atoms with Crippen molar-refractivity contribution in [2.45, 2.75) is 57.5 Å². The highest BCUT2D eigenvalue weighted by molar-refractivity contribution is 4.73. The van der Waals surface area contributed by atoms with Gasteiger partial charge in [-0.25, -0.2) is 0 Å². The molecule has 1 aliphatic heterocycles. The molecule has 2 rings (SSSR count). The van der Waals surface area contributed by atoms with E-state index in [4.69, 9.17) is 4.74 Å². The van der Waals surface area contributed by atoms with E-state index in [1.54, 1.807) is 0 Å². The van der Waals surface area contributed by atoms with Crippen molar-refractivity contribution in [1.82, 2.24) is 0 Å². The van der Waals surface area contributed by atoms with Gasteiger partial charge in [-0.05, 0) is 31.6 Å². The topological polar surface area (TPSA) is 9.23 Å². The van der Waals surface area contributed by atoms with Gasteiger partial charge in [0.1, 0.15) is 0 Å². The van der Waals surface area contributed by atoms with Crippen LogP contribution < -0.4 is 0 Å². The van der Waals surface area contributed by atoms with Crippen LogP contribution in [0.15, 0.2) is 0 Å². The molecule has 1 heteroatoms. The van der Waals surface area contributed by atoms with Gasteiger partial charge < -0.3 is 4.74 Å². The van der Waals surface area contributed by atoms with Crippen LogP contribution in [0.3, 0.4) is 0 Å². The Bertz CT molecular complexity index is 121. The zero-order valence-electron chi connectivity index (χ0n) is 7.93. The van der Waals surface area contributed by atoms with Gasteiger partial charge in [0.25, 0.3) is 0 Å². The highest BCUT2D eigenvalue weighted by Gasteiger charge is 2.21. The third kappa shape index (κ3) is 2.22. The zero-order valence-corrected chi connectivity index (χ0v) is 7.93. The molecule has 2 aliphatic rings. The molecular formula is C11H20O. The van der Waals surface area contributed by atoms with Gasteiger partial charge >= 0.3 is 0 Å². The summed E-state index contributed by atoms with van der Waals surface area (Å²) in [6.07, 6.45) is 11.9. The van der Waals surface area contributed by atoms with Crippen LogP contribution in [0.2, 0.25) is 0 Å². The Labute approximate surface area is 75.5 Å². The van der Waals surface area contributed by atoms with Crippen molar-refractivity contribution in [2.75, 3.05) is 6.61 Å². The van der Waals surface area contributed by atoms with E-state index in [0.29, 0.717) is 6.10 Å². The molecule has 0 unspecified atom stereocenters. The number of ether oxygens (including phenoxy) is 1. The maximum absolute atomic E-state index is 5.74. The second kappa shape index (κ2) is 4.27. The Morgan fingerprint density at radius 1 is 0.917 bits per heavy atom. The van der Waals surface area contributed by atoms with Crippen molar-refractivity contribution < 1.29 is 4.74 Å². The molecule has 0 radical (unpaired) electrons. The Morgan fingerprint density at radius 3 is 2.33 bits per heavy atom. The van der Waals surface area contributed by atoms with Gasteiger partial charge in [-0.2, -0.15) is 0 Å². The summed E-state index contributed by atoms with van der Waals surface area (Å²) >= 11 is 0. The van der Waals surface area contributed by atoms with Gasteiger partial charge in [-0.1, -0.05) is 25.7 Å². The fourth-order valence-electron chi connectivity index (χ4n) is 2.61. The quantitative estimate of drug-likeness (QED) is 0.615. The van der Waals surface area contributed by atoms with Crippen LogP contribution in [0, 0.1) is 5.92 Å². The SMILES string of the molecule is C1CC[C@@H](CC2CCCC2)OC1. The van der Waals surface area contributed by atoms with Crippen LogP contribution in [0.4, 0.5) is 0 Å². The maximum Gasteiger partial charge on any atom is 0.0577 e. The molecule has 0 N–H and O–H groups in total. The molecule has 1 heterocycles. The zero-order chi connectivity index (χ0) is 8.23. The van der Waals surface area contributed by atoms with E-state index < -0.39 is 0 Å². The van der Waals surface area contributed by atoms with E-state index in [0.717, 1.165) is 12.5 Å². The van der Waals surface area contributed by atoms with Gasteiger partial charge in [0, 0.05) is 6.61 Å². The second-order valence-electron chi connectivity index (χ2n) is 4.37. The standard InChI is InChI=1S/C11H20O/c1-2-6-10(5-1)9-11-7-3-4-8-12-11/h10-11H,1-9H2/t11-/m0/s1. The third-order valence-electron chi connectivity index (χ3n) is 3.34. The van der Waals surface area contributed by atoms with Crippen LogP contribution in [0.25, 0.3) is 0 Å². The third-order valence-corrected chi connectivity index (χ3v) is 3.34. The first kappa shape index (κ1) is 8.55. The molecule has 0 aromatic rings. The summed E-state index contributed by atoms with van der Waals surface area (Å²) in [5.41, 5.74) is 0. The van der Waals surface area contributed by atoms with Crippen LogP contribution in [0.1, 0.15) is 51.4 Å². The van der Waals surface area contributed by atoms with Gasteiger partial charge in [-0.15, -0.1) is 0 Å². The second-order valence-corrected chi connectivity index (χ2v) is 4.37. The summed E-state index contributed by atoms with van der Waals surface area (Å²) in [5, 5.41) is 0. The van der Waals surface area contributed by atoms with Crippen LogP contribution in [-0.4, -0.2) is 12.7 Å². The first-order chi connectivity index (χ1) is 5.95. The lowest BCUT2D eigenvalue weighted by Crippen LogP contribution is -2.21. The van der Waals surface area contributed by atoms with Crippen molar-refractivity contribution in [3.05, 3.63) is 0 Å². The molecule has 12 heavy (non-hydrogen) atoms. The predicted molar refractivity (Wildman–Crippen MR) is 50.2 cm³/mol. The fourth-order valence-corrected chi connectivity index (χ4v) is 2.61.